The Morgan fingerprint density at radius 2 is 1.68 bits per heavy atom. The quantitative estimate of drug-likeness (QED) is 0.628. The van der Waals surface area contributed by atoms with E-state index >= 15 is 0 Å². The number of anilines is 1. The molecule has 1 spiro atoms. The van der Waals surface area contributed by atoms with Crippen LogP contribution in [0.5, 0.6) is 0 Å². The lowest BCUT2D eigenvalue weighted by molar-refractivity contribution is -0.120. The summed E-state index contributed by atoms with van der Waals surface area (Å²) in [4.78, 5) is 17.6. The van der Waals surface area contributed by atoms with Gasteiger partial charge in [-0.1, -0.05) is 50.1 Å². The molecule has 166 valence electrons. The second-order valence-electron chi connectivity index (χ2n) is 10.9. The van der Waals surface area contributed by atoms with Crippen molar-refractivity contribution in [3.63, 3.8) is 0 Å². The number of amides is 1. The van der Waals surface area contributed by atoms with Gasteiger partial charge in [0.1, 0.15) is 5.82 Å². The van der Waals surface area contributed by atoms with Gasteiger partial charge in [-0.3, -0.25) is 9.69 Å². The molecule has 2 aromatic carbocycles. The van der Waals surface area contributed by atoms with Crippen molar-refractivity contribution in [2.45, 2.75) is 65.8 Å². The molecule has 1 fully saturated rings. The van der Waals surface area contributed by atoms with Crippen LogP contribution in [-0.4, -0.2) is 30.4 Å². The highest BCUT2D eigenvalue weighted by Gasteiger charge is 2.46. The summed E-state index contributed by atoms with van der Waals surface area (Å²) in [6.45, 7) is 14.1. The fourth-order valence-electron chi connectivity index (χ4n) is 5.40. The zero-order valence-corrected chi connectivity index (χ0v) is 19.6. The maximum absolute atomic E-state index is 14.2. The van der Waals surface area contributed by atoms with Gasteiger partial charge < -0.3 is 4.90 Å². The first-order valence-corrected chi connectivity index (χ1v) is 11.4. The Morgan fingerprint density at radius 3 is 2.29 bits per heavy atom. The van der Waals surface area contributed by atoms with E-state index in [1.165, 1.54) is 22.8 Å². The molecular formula is C27H35FN2O. The Balaban J connectivity index is 1.53. The molecular weight excluding hydrogens is 387 g/mol. The van der Waals surface area contributed by atoms with E-state index in [1.54, 1.807) is 6.07 Å². The van der Waals surface area contributed by atoms with Gasteiger partial charge >= 0.3 is 0 Å². The van der Waals surface area contributed by atoms with E-state index in [0.717, 1.165) is 43.7 Å². The van der Waals surface area contributed by atoms with Crippen molar-refractivity contribution in [2.24, 2.45) is 5.41 Å². The van der Waals surface area contributed by atoms with Crippen LogP contribution in [0.3, 0.4) is 0 Å². The molecule has 0 unspecified atom stereocenters. The predicted molar refractivity (Wildman–Crippen MR) is 125 cm³/mol. The van der Waals surface area contributed by atoms with E-state index in [0.29, 0.717) is 13.0 Å². The van der Waals surface area contributed by atoms with E-state index in [2.05, 4.69) is 57.7 Å². The molecule has 0 aromatic heterocycles. The molecule has 0 bridgehead atoms. The molecule has 4 heteroatoms. The van der Waals surface area contributed by atoms with Gasteiger partial charge in [-0.25, -0.2) is 4.39 Å². The third-order valence-electron chi connectivity index (χ3n) is 6.76. The molecule has 31 heavy (non-hydrogen) atoms. The van der Waals surface area contributed by atoms with E-state index in [1.807, 2.05) is 11.0 Å². The van der Waals surface area contributed by atoms with Crippen LogP contribution in [0.2, 0.25) is 0 Å². The highest BCUT2D eigenvalue weighted by molar-refractivity contribution is 5.96. The van der Waals surface area contributed by atoms with E-state index < -0.39 is 0 Å². The van der Waals surface area contributed by atoms with Gasteiger partial charge in [0.05, 0.1) is 0 Å². The number of carbonyl (C=O) groups excluding carboxylic acids is 1. The third-order valence-corrected chi connectivity index (χ3v) is 6.76. The monoisotopic (exact) mass is 422 g/mol. The second kappa shape index (κ2) is 8.05. The number of halogens is 1. The molecule has 0 saturated carbocycles. The molecule has 1 amide bonds. The van der Waals surface area contributed by atoms with E-state index in [9.17, 15) is 9.18 Å². The number of likely N-dealkylation sites (tertiary alicyclic amines) is 1. The summed E-state index contributed by atoms with van der Waals surface area (Å²) < 4.78 is 14.2. The van der Waals surface area contributed by atoms with Crippen molar-refractivity contribution in [1.29, 1.82) is 0 Å². The lowest BCUT2D eigenvalue weighted by atomic mass is 9.74. The number of hydrogen-bond acceptors (Lipinski definition) is 2. The number of fused-ring (bicyclic) bond motifs is 2. The number of carbonyl (C=O) groups is 1. The van der Waals surface area contributed by atoms with Crippen molar-refractivity contribution < 1.29 is 9.18 Å². The van der Waals surface area contributed by atoms with E-state index in [4.69, 9.17) is 0 Å². The predicted octanol–water partition coefficient (Wildman–Crippen LogP) is 5.76. The zero-order chi connectivity index (χ0) is 22.4. The maximum atomic E-state index is 14.2. The van der Waals surface area contributed by atoms with Crippen LogP contribution in [0.4, 0.5) is 10.1 Å². The molecule has 0 radical (unpaired) electrons. The summed E-state index contributed by atoms with van der Waals surface area (Å²) >= 11 is 0. The molecule has 2 aliphatic heterocycles. The Hall–Kier alpha value is -2.20. The van der Waals surface area contributed by atoms with Gasteiger partial charge in [-0.05, 0) is 74.5 Å². The Morgan fingerprint density at radius 1 is 1.03 bits per heavy atom. The van der Waals surface area contributed by atoms with Crippen molar-refractivity contribution in [2.75, 3.05) is 24.5 Å². The van der Waals surface area contributed by atoms with Crippen molar-refractivity contribution >= 4 is 11.6 Å². The number of benzene rings is 2. The van der Waals surface area contributed by atoms with Crippen LogP contribution in [-0.2, 0) is 16.8 Å². The number of piperidine rings is 1. The van der Waals surface area contributed by atoms with Crippen molar-refractivity contribution in [3.8, 4) is 0 Å². The second-order valence-corrected chi connectivity index (χ2v) is 10.9. The van der Waals surface area contributed by atoms with Gasteiger partial charge in [0.15, 0.2) is 0 Å². The summed E-state index contributed by atoms with van der Waals surface area (Å²) in [6, 6.07) is 11.7. The number of nitrogens with zero attached hydrogens (tertiary/aromatic N) is 2. The molecule has 0 N–H and O–H groups in total. The zero-order valence-electron chi connectivity index (χ0n) is 19.6. The summed E-state index contributed by atoms with van der Waals surface area (Å²) in [5, 5.41) is 0. The molecule has 2 heterocycles. The minimum atomic E-state index is -0.207. The minimum absolute atomic E-state index is 0.0671. The summed E-state index contributed by atoms with van der Waals surface area (Å²) in [5.74, 6) is -0.0594. The largest absolute Gasteiger partial charge is 0.311 e. The van der Waals surface area contributed by atoms with Crippen LogP contribution in [0, 0.1) is 25.1 Å². The summed E-state index contributed by atoms with van der Waals surface area (Å²) in [7, 11) is 0. The van der Waals surface area contributed by atoms with Crippen LogP contribution in [0.25, 0.3) is 0 Å². The topological polar surface area (TPSA) is 23.6 Å². The molecule has 3 nitrogen and oxygen atoms in total. The lowest BCUT2D eigenvalue weighted by Gasteiger charge is -2.40. The highest BCUT2D eigenvalue weighted by atomic mass is 19.1. The Kier molecular flexibility index (Phi) is 5.72. The van der Waals surface area contributed by atoms with Crippen LogP contribution >= 0.6 is 0 Å². The molecule has 2 aliphatic rings. The van der Waals surface area contributed by atoms with Crippen LogP contribution < -0.4 is 4.90 Å². The first kappa shape index (κ1) is 22.0. The number of hydrogen-bond donors (Lipinski definition) is 0. The molecule has 4 rings (SSSR count). The Labute approximate surface area is 186 Å². The first-order chi connectivity index (χ1) is 14.5. The SMILES string of the molecule is Cc1cc(C)cc(CN2CCC3(CC2)CN(C(=O)CC(C)(C)C)c2ccc(F)cc23)c1. The molecule has 2 aromatic rings. The maximum Gasteiger partial charge on any atom is 0.227 e. The van der Waals surface area contributed by atoms with Crippen LogP contribution in [0.1, 0.15) is 62.3 Å². The fraction of sp³-hybridized carbons (Fsp3) is 0.519. The third kappa shape index (κ3) is 4.69. The Bertz CT molecular complexity index is 963. The first-order valence-electron chi connectivity index (χ1n) is 11.4. The van der Waals surface area contributed by atoms with Crippen LogP contribution in [0.15, 0.2) is 36.4 Å². The smallest absolute Gasteiger partial charge is 0.227 e. The average molecular weight is 423 g/mol. The van der Waals surface area contributed by atoms with Crippen molar-refractivity contribution in [3.05, 3.63) is 64.5 Å². The lowest BCUT2D eigenvalue weighted by Crippen LogP contribution is -2.46. The molecule has 1 saturated heterocycles. The molecule has 0 atom stereocenters. The number of aryl methyl sites for hydroxylation is 2. The highest BCUT2D eigenvalue weighted by Crippen LogP contribution is 2.48. The van der Waals surface area contributed by atoms with Gasteiger partial charge in [0.25, 0.3) is 0 Å². The van der Waals surface area contributed by atoms with Crippen molar-refractivity contribution in [1.82, 2.24) is 4.90 Å². The van der Waals surface area contributed by atoms with Gasteiger partial charge in [0, 0.05) is 30.6 Å². The summed E-state index contributed by atoms with van der Waals surface area (Å²) in [6.07, 6.45) is 2.40. The number of rotatable bonds is 3. The molecule has 0 aliphatic carbocycles. The van der Waals surface area contributed by atoms with Gasteiger partial charge in [-0.15, -0.1) is 0 Å². The minimum Gasteiger partial charge on any atom is -0.311 e. The fourth-order valence-corrected chi connectivity index (χ4v) is 5.40. The average Bonchev–Trinajstić information content (AvgIpc) is 2.95. The standard InChI is InChI=1S/C27H35FN2O/c1-19-12-20(2)14-21(13-19)17-29-10-8-27(9-11-29)18-30(25(31)16-26(3,4)5)24-7-6-22(28)15-23(24)27/h6-7,12-15H,8-11,16-18H2,1-5H3. The van der Waals surface area contributed by atoms with E-state index in [-0.39, 0.29) is 22.6 Å². The summed E-state index contributed by atoms with van der Waals surface area (Å²) in [5.41, 5.74) is 5.70. The van der Waals surface area contributed by atoms with Gasteiger partial charge in [-0.2, -0.15) is 0 Å². The van der Waals surface area contributed by atoms with Gasteiger partial charge in [0.2, 0.25) is 5.91 Å². The normalized spacial score (nSPS) is 18.5.